The normalized spacial score (nSPS) is 10.9. The predicted molar refractivity (Wildman–Crippen MR) is 58.9 cm³/mol. The highest BCUT2D eigenvalue weighted by atomic mass is 16.5. The number of aryl methyl sites for hydroxylation is 1. The van der Waals surface area contributed by atoms with Crippen molar-refractivity contribution in [2.24, 2.45) is 5.73 Å². The van der Waals surface area contributed by atoms with Gasteiger partial charge in [0.15, 0.2) is 0 Å². The summed E-state index contributed by atoms with van der Waals surface area (Å²) < 4.78 is 5.10. The van der Waals surface area contributed by atoms with Crippen molar-refractivity contribution in [3.05, 3.63) is 18.0 Å². The smallest absolute Gasteiger partial charge is 0.260 e. The first-order valence-electron chi connectivity index (χ1n) is 4.86. The lowest BCUT2D eigenvalue weighted by atomic mass is 10.2. The van der Waals surface area contributed by atoms with Gasteiger partial charge in [-0.1, -0.05) is 5.16 Å². The molecule has 0 aliphatic heterocycles. The maximum atomic E-state index is 5.53. The van der Waals surface area contributed by atoms with Gasteiger partial charge in [0.25, 0.3) is 5.71 Å². The summed E-state index contributed by atoms with van der Waals surface area (Å²) in [5.41, 5.74) is 8.02. The topological polar surface area (TPSA) is 68.2 Å². The van der Waals surface area contributed by atoms with Crippen LogP contribution < -0.4 is 10.6 Å². The zero-order chi connectivity index (χ0) is 10.8. The van der Waals surface area contributed by atoms with Crippen LogP contribution in [-0.2, 0) is 0 Å². The molecule has 15 heavy (non-hydrogen) atoms. The Morgan fingerprint density at radius 1 is 1.53 bits per heavy atom. The van der Waals surface area contributed by atoms with Crippen LogP contribution in [0.2, 0.25) is 0 Å². The molecule has 0 radical (unpaired) electrons. The van der Waals surface area contributed by atoms with E-state index >= 15 is 0 Å². The van der Waals surface area contributed by atoms with Gasteiger partial charge in [0.2, 0.25) is 0 Å². The van der Waals surface area contributed by atoms with Crippen molar-refractivity contribution in [3.63, 3.8) is 0 Å². The lowest BCUT2D eigenvalue weighted by Gasteiger charge is -2.18. The third kappa shape index (κ3) is 1.66. The first kappa shape index (κ1) is 9.92. The Morgan fingerprint density at radius 3 is 3.07 bits per heavy atom. The summed E-state index contributed by atoms with van der Waals surface area (Å²) in [5.74, 6) is 0. The van der Waals surface area contributed by atoms with Crippen LogP contribution in [0.5, 0.6) is 0 Å². The Kier molecular flexibility index (Phi) is 2.55. The third-order valence-corrected chi connectivity index (χ3v) is 2.40. The van der Waals surface area contributed by atoms with Crippen LogP contribution in [0.25, 0.3) is 11.1 Å². The second-order valence-corrected chi connectivity index (χ2v) is 3.49. The SMILES string of the molecule is Cc1noc2nccc(N(C)CCN)c12. The second kappa shape index (κ2) is 3.86. The Bertz CT molecular complexity index is 465. The van der Waals surface area contributed by atoms with Gasteiger partial charge in [-0.3, -0.25) is 0 Å². The molecule has 5 nitrogen and oxygen atoms in total. The van der Waals surface area contributed by atoms with Crippen molar-refractivity contribution in [2.75, 3.05) is 25.0 Å². The first-order valence-corrected chi connectivity index (χ1v) is 4.86. The van der Waals surface area contributed by atoms with E-state index in [1.54, 1.807) is 6.20 Å². The van der Waals surface area contributed by atoms with E-state index in [2.05, 4.69) is 15.0 Å². The molecule has 2 aromatic heterocycles. The highest BCUT2D eigenvalue weighted by Crippen LogP contribution is 2.26. The largest absolute Gasteiger partial charge is 0.373 e. The summed E-state index contributed by atoms with van der Waals surface area (Å²) in [5, 5.41) is 4.87. The number of likely N-dealkylation sites (N-methyl/N-ethyl adjacent to an activating group) is 1. The molecule has 0 unspecified atom stereocenters. The molecular formula is C10H14N4O. The number of hydrogen-bond acceptors (Lipinski definition) is 5. The number of pyridine rings is 1. The number of fused-ring (bicyclic) bond motifs is 1. The minimum absolute atomic E-state index is 0.578. The van der Waals surface area contributed by atoms with E-state index in [-0.39, 0.29) is 0 Å². The summed E-state index contributed by atoms with van der Waals surface area (Å²) in [6, 6.07) is 1.95. The van der Waals surface area contributed by atoms with Crippen LogP contribution in [0, 0.1) is 6.92 Å². The Hall–Kier alpha value is -1.62. The molecular weight excluding hydrogens is 192 g/mol. The fraction of sp³-hybridized carbons (Fsp3) is 0.400. The minimum atomic E-state index is 0.578. The van der Waals surface area contributed by atoms with E-state index in [0.29, 0.717) is 12.3 Å². The van der Waals surface area contributed by atoms with Crippen molar-refractivity contribution in [3.8, 4) is 0 Å². The molecule has 0 spiro atoms. The van der Waals surface area contributed by atoms with E-state index in [4.69, 9.17) is 10.3 Å². The molecule has 0 saturated heterocycles. The molecule has 0 aromatic carbocycles. The quantitative estimate of drug-likeness (QED) is 0.809. The molecule has 2 rings (SSSR count). The van der Waals surface area contributed by atoms with Crippen LogP contribution in [0.15, 0.2) is 16.8 Å². The molecule has 0 atom stereocenters. The van der Waals surface area contributed by atoms with Crippen LogP contribution in [0.4, 0.5) is 5.69 Å². The van der Waals surface area contributed by atoms with Gasteiger partial charge < -0.3 is 15.2 Å². The van der Waals surface area contributed by atoms with E-state index < -0.39 is 0 Å². The number of anilines is 1. The maximum Gasteiger partial charge on any atom is 0.260 e. The molecule has 5 heteroatoms. The summed E-state index contributed by atoms with van der Waals surface area (Å²) in [7, 11) is 1.99. The molecule has 80 valence electrons. The molecule has 0 saturated carbocycles. The molecule has 0 aliphatic carbocycles. The average molecular weight is 206 g/mol. The van der Waals surface area contributed by atoms with Gasteiger partial charge in [0, 0.05) is 26.3 Å². The highest BCUT2D eigenvalue weighted by Gasteiger charge is 2.12. The standard InChI is InChI=1S/C10H14N4O/c1-7-9-8(14(2)6-4-11)3-5-12-10(9)15-13-7/h3,5H,4,6,11H2,1-2H3. The van der Waals surface area contributed by atoms with E-state index in [9.17, 15) is 0 Å². The van der Waals surface area contributed by atoms with Gasteiger partial charge in [-0.15, -0.1) is 0 Å². The number of nitrogens with two attached hydrogens (primary N) is 1. The summed E-state index contributed by atoms with van der Waals surface area (Å²) in [6.45, 7) is 3.32. The molecule has 0 aliphatic rings. The lowest BCUT2D eigenvalue weighted by Crippen LogP contribution is -2.25. The second-order valence-electron chi connectivity index (χ2n) is 3.49. The van der Waals surface area contributed by atoms with Gasteiger partial charge >= 0.3 is 0 Å². The Balaban J connectivity index is 2.54. The average Bonchev–Trinajstić information content (AvgIpc) is 2.61. The van der Waals surface area contributed by atoms with Crippen LogP contribution in [0.3, 0.4) is 0 Å². The molecule has 2 N–H and O–H groups in total. The summed E-state index contributed by atoms with van der Waals surface area (Å²) in [6.07, 6.45) is 1.72. The van der Waals surface area contributed by atoms with Gasteiger partial charge in [-0.25, -0.2) is 4.98 Å². The Morgan fingerprint density at radius 2 is 2.33 bits per heavy atom. The fourth-order valence-electron chi connectivity index (χ4n) is 1.63. The van der Waals surface area contributed by atoms with Crippen LogP contribution in [0.1, 0.15) is 5.69 Å². The van der Waals surface area contributed by atoms with Gasteiger partial charge in [-0.05, 0) is 13.0 Å². The molecule has 2 aromatic rings. The molecule has 0 bridgehead atoms. The van der Waals surface area contributed by atoms with Crippen molar-refractivity contribution in [2.45, 2.75) is 6.92 Å². The van der Waals surface area contributed by atoms with Crippen molar-refractivity contribution in [1.82, 2.24) is 10.1 Å². The molecule has 2 heterocycles. The molecule has 0 fully saturated rings. The Labute approximate surface area is 87.9 Å². The number of hydrogen-bond donors (Lipinski definition) is 1. The van der Waals surface area contributed by atoms with Crippen molar-refractivity contribution in [1.29, 1.82) is 0 Å². The minimum Gasteiger partial charge on any atom is -0.373 e. The first-order chi connectivity index (χ1) is 7.24. The van der Waals surface area contributed by atoms with Gasteiger partial charge in [0.05, 0.1) is 16.8 Å². The van der Waals surface area contributed by atoms with Crippen LogP contribution >= 0.6 is 0 Å². The van der Waals surface area contributed by atoms with Crippen molar-refractivity contribution < 1.29 is 4.52 Å². The number of aromatic nitrogens is 2. The zero-order valence-electron chi connectivity index (χ0n) is 8.90. The maximum absolute atomic E-state index is 5.53. The molecule has 0 amide bonds. The van der Waals surface area contributed by atoms with Crippen molar-refractivity contribution >= 4 is 16.8 Å². The van der Waals surface area contributed by atoms with Crippen LogP contribution in [-0.4, -0.2) is 30.3 Å². The number of nitrogens with zero attached hydrogens (tertiary/aromatic N) is 3. The number of rotatable bonds is 3. The van der Waals surface area contributed by atoms with E-state index in [1.165, 1.54) is 0 Å². The zero-order valence-corrected chi connectivity index (χ0v) is 8.90. The van der Waals surface area contributed by atoms with E-state index in [0.717, 1.165) is 23.3 Å². The monoisotopic (exact) mass is 206 g/mol. The summed E-state index contributed by atoms with van der Waals surface area (Å²) in [4.78, 5) is 6.20. The van der Waals surface area contributed by atoms with Gasteiger partial charge in [-0.2, -0.15) is 0 Å². The van der Waals surface area contributed by atoms with Gasteiger partial charge in [0.1, 0.15) is 0 Å². The van der Waals surface area contributed by atoms with E-state index in [1.807, 2.05) is 20.0 Å². The third-order valence-electron chi connectivity index (χ3n) is 2.40. The fourth-order valence-corrected chi connectivity index (χ4v) is 1.63. The predicted octanol–water partition coefficient (Wildman–Crippen LogP) is 0.926. The summed E-state index contributed by atoms with van der Waals surface area (Å²) >= 11 is 0. The lowest BCUT2D eigenvalue weighted by molar-refractivity contribution is 0.443. The highest BCUT2D eigenvalue weighted by molar-refractivity contribution is 5.90.